The van der Waals surface area contributed by atoms with Crippen LogP contribution in [-0.4, -0.2) is 0 Å². The molecule has 0 aliphatic carbocycles. The number of rotatable bonds is 3. The van der Waals surface area contributed by atoms with Gasteiger partial charge in [-0.1, -0.05) is 55.1 Å². The molecule has 1 aromatic carbocycles. The Balaban J connectivity index is 2.43. The van der Waals surface area contributed by atoms with E-state index in [0.717, 1.165) is 5.75 Å². The first-order valence-electron chi connectivity index (χ1n) is 2.98. The van der Waals surface area contributed by atoms with Gasteiger partial charge in [0.05, 0.1) is 0 Å². The van der Waals surface area contributed by atoms with Crippen LogP contribution >= 0.6 is 24.8 Å². The minimum atomic E-state index is 0.963. The molecule has 1 aromatic rings. The highest BCUT2D eigenvalue weighted by atomic mass is 32.2. The molecule has 0 saturated heterocycles. The number of benzene rings is 1. The van der Waals surface area contributed by atoms with E-state index in [0.29, 0.717) is 0 Å². The summed E-state index contributed by atoms with van der Waals surface area (Å²) in [6.07, 6.45) is 0. The van der Waals surface area contributed by atoms with E-state index >= 15 is 0 Å². The Labute approximate surface area is 70.9 Å². The Hall–Kier alpha value is -0.120. The van der Waals surface area contributed by atoms with Crippen molar-refractivity contribution in [2.75, 3.05) is 0 Å². The van der Waals surface area contributed by atoms with Gasteiger partial charge in [0.2, 0.25) is 0 Å². The van der Waals surface area contributed by atoms with Crippen molar-refractivity contribution in [3.05, 3.63) is 35.9 Å². The second-order valence-electron chi connectivity index (χ2n) is 1.87. The molecule has 0 amide bonds. The van der Waals surface area contributed by atoms with Gasteiger partial charge in [0.25, 0.3) is 0 Å². The molecule has 0 aromatic heterocycles. The fourth-order valence-electron chi connectivity index (χ4n) is 0.690. The topological polar surface area (TPSA) is 12.0 Å². The summed E-state index contributed by atoms with van der Waals surface area (Å²) in [5, 5.41) is 0. The number of thiol groups is 1. The predicted molar refractivity (Wildman–Crippen MR) is 49.9 cm³/mol. The maximum atomic E-state index is 3.86. The predicted octanol–water partition coefficient (Wildman–Crippen LogP) is 2.27. The third kappa shape index (κ3) is 2.64. The largest absolute Gasteiger partial charge is 0.210 e. The zero-order valence-corrected chi connectivity index (χ0v) is 7.16. The Morgan fingerprint density at radius 2 is 2.00 bits per heavy atom. The van der Waals surface area contributed by atoms with Crippen LogP contribution in [0.1, 0.15) is 5.56 Å². The summed E-state index contributed by atoms with van der Waals surface area (Å²) in [6.45, 7) is 0. The standard InChI is InChI=1S/C7H9NS2/c9-8-10-6-7-4-2-1-3-5-7/h1-5,8-9H,6H2. The van der Waals surface area contributed by atoms with E-state index < -0.39 is 0 Å². The summed E-state index contributed by atoms with van der Waals surface area (Å²) in [5.74, 6) is 0.963. The van der Waals surface area contributed by atoms with Gasteiger partial charge in [-0.3, -0.25) is 0 Å². The van der Waals surface area contributed by atoms with Crippen LogP contribution < -0.4 is 4.13 Å². The molecule has 0 aliphatic rings. The lowest BCUT2D eigenvalue weighted by Gasteiger charge is -1.96. The molecule has 10 heavy (non-hydrogen) atoms. The van der Waals surface area contributed by atoms with Crippen molar-refractivity contribution in [1.82, 2.24) is 4.13 Å². The Kier molecular flexibility index (Phi) is 3.72. The molecular weight excluding hydrogens is 162 g/mol. The lowest BCUT2D eigenvalue weighted by molar-refractivity contribution is 1.41. The SMILES string of the molecule is SNSCc1ccccc1. The van der Waals surface area contributed by atoms with Crippen molar-refractivity contribution < 1.29 is 0 Å². The molecule has 1 rings (SSSR count). The summed E-state index contributed by atoms with van der Waals surface area (Å²) < 4.78 is 2.73. The normalized spacial score (nSPS) is 9.70. The van der Waals surface area contributed by atoms with Gasteiger partial charge >= 0.3 is 0 Å². The first-order chi connectivity index (χ1) is 4.93. The van der Waals surface area contributed by atoms with Gasteiger partial charge in [-0.25, -0.2) is 4.13 Å². The van der Waals surface area contributed by atoms with E-state index in [1.807, 2.05) is 18.2 Å². The molecule has 3 heteroatoms. The van der Waals surface area contributed by atoms with Crippen molar-refractivity contribution in [2.24, 2.45) is 0 Å². The smallest absolute Gasteiger partial charge is 0.0338 e. The third-order valence-corrected chi connectivity index (χ3v) is 2.14. The van der Waals surface area contributed by atoms with Gasteiger partial charge in [-0.15, -0.1) is 0 Å². The fraction of sp³-hybridized carbons (Fsp3) is 0.143. The molecule has 0 bridgehead atoms. The second kappa shape index (κ2) is 4.66. The van der Waals surface area contributed by atoms with Gasteiger partial charge in [0, 0.05) is 5.75 Å². The highest BCUT2D eigenvalue weighted by Crippen LogP contribution is 2.07. The van der Waals surface area contributed by atoms with Gasteiger partial charge in [-0.05, 0) is 5.56 Å². The van der Waals surface area contributed by atoms with Crippen LogP contribution in [0.15, 0.2) is 30.3 Å². The van der Waals surface area contributed by atoms with Crippen LogP contribution in [0.4, 0.5) is 0 Å². The monoisotopic (exact) mass is 171 g/mol. The van der Waals surface area contributed by atoms with Gasteiger partial charge in [0.1, 0.15) is 0 Å². The van der Waals surface area contributed by atoms with Crippen LogP contribution in [0.2, 0.25) is 0 Å². The van der Waals surface area contributed by atoms with E-state index in [-0.39, 0.29) is 0 Å². The first-order valence-corrected chi connectivity index (χ1v) is 4.41. The van der Waals surface area contributed by atoms with Crippen molar-refractivity contribution in [3.63, 3.8) is 0 Å². The quantitative estimate of drug-likeness (QED) is 0.534. The Morgan fingerprint density at radius 1 is 1.30 bits per heavy atom. The lowest BCUT2D eigenvalue weighted by Crippen LogP contribution is -1.84. The number of hydrogen-bond donors (Lipinski definition) is 2. The van der Waals surface area contributed by atoms with Crippen molar-refractivity contribution in [2.45, 2.75) is 5.75 Å². The Bertz CT molecular complexity index is 176. The van der Waals surface area contributed by atoms with E-state index in [2.05, 4.69) is 29.1 Å². The molecule has 0 radical (unpaired) electrons. The summed E-state index contributed by atoms with van der Waals surface area (Å²) in [7, 11) is 0. The summed E-state index contributed by atoms with van der Waals surface area (Å²) in [5.41, 5.74) is 1.31. The molecule has 1 N–H and O–H groups in total. The van der Waals surface area contributed by atoms with Crippen LogP contribution in [-0.2, 0) is 5.75 Å². The zero-order valence-electron chi connectivity index (χ0n) is 5.45. The van der Waals surface area contributed by atoms with Crippen LogP contribution in [0.3, 0.4) is 0 Å². The van der Waals surface area contributed by atoms with E-state index in [4.69, 9.17) is 0 Å². The average Bonchev–Trinajstić information content (AvgIpc) is 2.03. The molecule has 0 spiro atoms. The maximum absolute atomic E-state index is 3.86. The maximum Gasteiger partial charge on any atom is 0.0338 e. The second-order valence-corrected chi connectivity index (χ2v) is 3.17. The average molecular weight is 171 g/mol. The molecule has 0 aliphatic heterocycles. The lowest BCUT2D eigenvalue weighted by atomic mass is 10.2. The van der Waals surface area contributed by atoms with E-state index in [9.17, 15) is 0 Å². The van der Waals surface area contributed by atoms with E-state index in [1.54, 1.807) is 11.9 Å². The molecule has 0 atom stereocenters. The molecule has 0 unspecified atom stereocenters. The fourth-order valence-corrected chi connectivity index (χ4v) is 1.31. The summed E-state index contributed by atoms with van der Waals surface area (Å²) >= 11 is 5.44. The van der Waals surface area contributed by atoms with Crippen molar-refractivity contribution in [3.8, 4) is 0 Å². The third-order valence-electron chi connectivity index (χ3n) is 1.15. The van der Waals surface area contributed by atoms with Gasteiger partial charge in [0.15, 0.2) is 0 Å². The highest BCUT2D eigenvalue weighted by Gasteiger charge is 1.87. The molecule has 0 fully saturated rings. The van der Waals surface area contributed by atoms with Crippen LogP contribution in [0.25, 0.3) is 0 Å². The first kappa shape index (κ1) is 7.98. The number of nitrogens with one attached hydrogen (secondary N) is 1. The molecule has 0 saturated carbocycles. The van der Waals surface area contributed by atoms with Gasteiger partial charge < -0.3 is 0 Å². The minimum absolute atomic E-state index is 0.963. The summed E-state index contributed by atoms with van der Waals surface area (Å²) in [6, 6.07) is 10.3. The molecule has 0 heterocycles. The van der Waals surface area contributed by atoms with Crippen molar-refractivity contribution >= 4 is 24.8 Å². The van der Waals surface area contributed by atoms with Crippen molar-refractivity contribution in [1.29, 1.82) is 0 Å². The Morgan fingerprint density at radius 3 is 2.60 bits per heavy atom. The van der Waals surface area contributed by atoms with E-state index in [1.165, 1.54) is 5.56 Å². The zero-order chi connectivity index (χ0) is 7.23. The number of hydrogen-bond acceptors (Lipinski definition) is 3. The van der Waals surface area contributed by atoms with Crippen LogP contribution in [0.5, 0.6) is 0 Å². The minimum Gasteiger partial charge on any atom is -0.210 e. The van der Waals surface area contributed by atoms with Crippen LogP contribution in [0, 0.1) is 0 Å². The molecular formula is C7H9NS2. The molecule has 54 valence electrons. The highest BCUT2D eigenvalue weighted by molar-refractivity contribution is 8.05. The van der Waals surface area contributed by atoms with Gasteiger partial charge in [-0.2, -0.15) is 0 Å². The summed E-state index contributed by atoms with van der Waals surface area (Å²) in [4.78, 5) is 0. The molecule has 1 nitrogen and oxygen atoms in total.